The van der Waals surface area contributed by atoms with Crippen molar-refractivity contribution < 1.29 is 4.79 Å². The lowest BCUT2D eigenvalue weighted by atomic mass is 10.2. The first-order chi connectivity index (χ1) is 8.65. The molecule has 100 valence electrons. The number of thiophene rings is 1. The number of piperazine rings is 1. The maximum Gasteiger partial charge on any atom is 0.234 e. The number of amides is 1. The Labute approximate surface area is 112 Å². The molecule has 1 aliphatic rings. The van der Waals surface area contributed by atoms with Crippen LogP contribution in [0.15, 0.2) is 17.5 Å². The molecule has 2 N–H and O–H groups in total. The third-order valence-corrected chi connectivity index (χ3v) is 4.22. The van der Waals surface area contributed by atoms with Crippen molar-refractivity contribution >= 4 is 17.2 Å². The summed E-state index contributed by atoms with van der Waals surface area (Å²) in [4.78, 5) is 15.4. The smallest absolute Gasteiger partial charge is 0.234 e. The molecule has 0 radical (unpaired) electrons. The summed E-state index contributed by atoms with van der Waals surface area (Å²) in [5, 5.41) is 8.47. The second-order valence-electron chi connectivity index (χ2n) is 4.89. The van der Waals surface area contributed by atoms with Crippen LogP contribution in [0.3, 0.4) is 0 Å². The van der Waals surface area contributed by atoms with Crippen molar-refractivity contribution in [3.8, 4) is 0 Å². The van der Waals surface area contributed by atoms with Gasteiger partial charge in [0, 0.05) is 30.6 Å². The maximum atomic E-state index is 12.0. The highest BCUT2D eigenvalue weighted by Crippen LogP contribution is 2.17. The fourth-order valence-corrected chi connectivity index (χ4v) is 2.99. The largest absolute Gasteiger partial charge is 0.348 e. The zero-order valence-corrected chi connectivity index (χ0v) is 11.8. The van der Waals surface area contributed by atoms with Gasteiger partial charge in [0.2, 0.25) is 5.91 Å². The number of hydrogen-bond donors (Lipinski definition) is 2. The topological polar surface area (TPSA) is 44.4 Å². The number of carbonyl (C=O) groups excluding carboxylic acids is 1. The summed E-state index contributed by atoms with van der Waals surface area (Å²) < 4.78 is 0. The standard InChI is InChI=1S/C13H21N3OS/c1-10-8-16(6-5-14-10)9-13(17)15-11(2)12-4-3-7-18-12/h3-4,7,10-11,14H,5-6,8-9H2,1-2H3,(H,15,17). The number of carbonyl (C=O) groups is 1. The van der Waals surface area contributed by atoms with E-state index in [1.54, 1.807) is 11.3 Å². The third kappa shape index (κ3) is 3.80. The van der Waals surface area contributed by atoms with Gasteiger partial charge >= 0.3 is 0 Å². The first kappa shape index (κ1) is 13.5. The van der Waals surface area contributed by atoms with Gasteiger partial charge in [-0.05, 0) is 25.3 Å². The summed E-state index contributed by atoms with van der Waals surface area (Å²) in [6.07, 6.45) is 0. The van der Waals surface area contributed by atoms with Crippen LogP contribution in [-0.4, -0.2) is 43.0 Å². The third-order valence-electron chi connectivity index (χ3n) is 3.17. The molecule has 2 rings (SSSR count). The predicted molar refractivity (Wildman–Crippen MR) is 74.8 cm³/mol. The Morgan fingerprint density at radius 1 is 1.72 bits per heavy atom. The van der Waals surface area contributed by atoms with Gasteiger partial charge in [0.05, 0.1) is 12.6 Å². The molecule has 1 aromatic heterocycles. The van der Waals surface area contributed by atoms with E-state index in [9.17, 15) is 4.79 Å². The lowest BCUT2D eigenvalue weighted by molar-refractivity contribution is -0.123. The van der Waals surface area contributed by atoms with Crippen LogP contribution in [0.2, 0.25) is 0 Å². The van der Waals surface area contributed by atoms with Crippen molar-refractivity contribution in [2.24, 2.45) is 0 Å². The van der Waals surface area contributed by atoms with Gasteiger partial charge in [-0.1, -0.05) is 6.07 Å². The summed E-state index contributed by atoms with van der Waals surface area (Å²) >= 11 is 1.68. The Hall–Kier alpha value is -0.910. The molecule has 0 spiro atoms. The Morgan fingerprint density at radius 2 is 2.56 bits per heavy atom. The van der Waals surface area contributed by atoms with E-state index in [4.69, 9.17) is 0 Å². The minimum absolute atomic E-state index is 0.109. The van der Waals surface area contributed by atoms with Gasteiger partial charge in [-0.15, -0.1) is 11.3 Å². The quantitative estimate of drug-likeness (QED) is 0.862. The second-order valence-corrected chi connectivity index (χ2v) is 5.87. The highest BCUT2D eigenvalue weighted by molar-refractivity contribution is 7.10. The summed E-state index contributed by atoms with van der Waals surface area (Å²) in [6.45, 7) is 7.55. The molecular formula is C13H21N3OS. The molecule has 1 aromatic rings. The molecule has 2 unspecified atom stereocenters. The predicted octanol–water partition coefficient (Wildman–Crippen LogP) is 1.22. The van der Waals surface area contributed by atoms with Crippen LogP contribution in [0, 0.1) is 0 Å². The van der Waals surface area contributed by atoms with Crippen LogP contribution in [0.25, 0.3) is 0 Å². The van der Waals surface area contributed by atoms with Crippen molar-refractivity contribution in [2.75, 3.05) is 26.2 Å². The summed E-state index contributed by atoms with van der Waals surface area (Å²) in [5.74, 6) is 0.116. The van der Waals surface area contributed by atoms with Gasteiger partial charge in [-0.3, -0.25) is 9.69 Å². The second kappa shape index (κ2) is 6.31. The minimum Gasteiger partial charge on any atom is -0.348 e. The first-order valence-electron chi connectivity index (χ1n) is 6.43. The monoisotopic (exact) mass is 267 g/mol. The lowest BCUT2D eigenvalue weighted by Gasteiger charge is -2.31. The maximum absolute atomic E-state index is 12.0. The van der Waals surface area contributed by atoms with Gasteiger partial charge in [-0.2, -0.15) is 0 Å². The molecule has 1 amide bonds. The number of hydrogen-bond acceptors (Lipinski definition) is 4. The SMILES string of the molecule is CC1CN(CC(=O)NC(C)c2cccs2)CCN1. The molecule has 5 heteroatoms. The summed E-state index contributed by atoms with van der Waals surface area (Å²) in [6, 6.07) is 4.66. The van der Waals surface area contributed by atoms with Crippen molar-refractivity contribution in [2.45, 2.75) is 25.9 Å². The molecule has 0 aromatic carbocycles. The van der Waals surface area contributed by atoms with Crippen molar-refractivity contribution in [3.05, 3.63) is 22.4 Å². The van der Waals surface area contributed by atoms with Crippen LogP contribution in [-0.2, 0) is 4.79 Å². The van der Waals surface area contributed by atoms with E-state index in [-0.39, 0.29) is 11.9 Å². The zero-order valence-electron chi connectivity index (χ0n) is 11.0. The Kier molecular flexibility index (Phi) is 4.74. The fourth-order valence-electron chi connectivity index (χ4n) is 2.25. The van der Waals surface area contributed by atoms with Gasteiger partial charge in [0.15, 0.2) is 0 Å². The van der Waals surface area contributed by atoms with Crippen LogP contribution in [0.5, 0.6) is 0 Å². The van der Waals surface area contributed by atoms with Crippen LogP contribution < -0.4 is 10.6 Å². The van der Waals surface area contributed by atoms with E-state index in [0.29, 0.717) is 12.6 Å². The van der Waals surface area contributed by atoms with Gasteiger partial charge in [0.25, 0.3) is 0 Å². The number of nitrogens with one attached hydrogen (secondary N) is 2. The first-order valence-corrected chi connectivity index (χ1v) is 7.31. The lowest BCUT2D eigenvalue weighted by Crippen LogP contribution is -2.51. The molecule has 0 aliphatic carbocycles. The van der Waals surface area contributed by atoms with E-state index >= 15 is 0 Å². The van der Waals surface area contributed by atoms with Crippen LogP contribution in [0.1, 0.15) is 24.8 Å². The van der Waals surface area contributed by atoms with Crippen molar-refractivity contribution in [1.82, 2.24) is 15.5 Å². The van der Waals surface area contributed by atoms with E-state index in [1.807, 2.05) is 18.4 Å². The molecule has 0 bridgehead atoms. The number of rotatable bonds is 4. The van der Waals surface area contributed by atoms with Crippen molar-refractivity contribution in [3.63, 3.8) is 0 Å². The highest BCUT2D eigenvalue weighted by Gasteiger charge is 2.19. The van der Waals surface area contributed by atoms with Gasteiger partial charge in [-0.25, -0.2) is 0 Å². The Morgan fingerprint density at radius 3 is 3.22 bits per heavy atom. The zero-order chi connectivity index (χ0) is 13.0. The minimum atomic E-state index is 0.109. The van der Waals surface area contributed by atoms with Gasteiger partial charge in [0.1, 0.15) is 0 Å². The van der Waals surface area contributed by atoms with Gasteiger partial charge < -0.3 is 10.6 Å². The normalized spacial score (nSPS) is 22.7. The van der Waals surface area contributed by atoms with Crippen LogP contribution >= 0.6 is 11.3 Å². The van der Waals surface area contributed by atoms with Crippen molar-refractivity contribution in [1.29, 1.82) is 0 Å². The molecule has 1 saturated heterocycles. The van der Waals surface area contributed by atoms with E-state index < -0.39 is 0 Å². The van der Waals surface area contributed by atoms with E-state index in [2.05, 4.69) is 28.5 Å². The van der Waals surface area contributed by atoms with E-state index in [0.717, 1.165) is 19.6 Å². The molecule has 4 nitrogen and oxygen atoms in total. The highest BCUT2D eigenvalue weighted by atomic mass is 32.1. The average Bonchev–Trinajstić information content (AvgIpc) is 2.81. The molecule has 2 atom stereocenters. The summed E-state index contributed by atoms with van der Waals surface area (Å²) in [5.41, 5.74) is 0. The van der Waals surface area contributed by atoms with E-state index in [1.165, 1.54) is 4.88 Å². The Balaban J connectivity index is 1.78. The molecular weight excluding hydrogens is 246 g/mol. The molecule has 2 heterocycles. The summed E-state index contributed by atoms with van der Waals surface area (Å²) in [7, 11) is 0. The molecule has 0 saturated carbocycles. The Bertz CT molecular complexity index is 380. The molecule has 18 heavy (non-hydrogen) atoms. The fraction of sp³-hybridized carbons (Fsp3) is 0.615. The molecule has 1 fully saturated rings. The molecule has 1 aliphatic heterocycles. The number of nitrogens with zero attached hydrogens (tertiary/aromatic N) is 1. The van der Waals surface area contributed by atoms with Crippen LogP contribution in [0.4, 0.5) is 0 Å². The average molecular weight is 267 g/mol.